The number of anilines is 2. The summed E-state index contributed by atoms with van der Waals surface area (Å²) in [6, 6.07) is 29.7. The van der Waals surface area contributed by atoms with Crippen LogP contribution in [0.2, 0.25) is 0 Å². The summed E-state index contributed by atoms with van der Waals surface area (Å²) in [7, 11) is 1.36. The van der Waals surface area contributed by atoms with E-state index in [1.807, 2.05) is 37.3 Å². The van der Waals surface area contributed by atoms with E-state index in [4.69, 9.17) is 4.74 Å². The summed E-state index contributed by atoms with van der Waals surface area (Å²) < 4.78 is 5.16. The standard InChI is InChI=1S/C41H38N4O5S2/c1-3-34(39(48)45-40-36(41(49)50-2)32-20-19-29(23-35(32)52-40)27-13-6-4-7-14-27)51-31-18-10-17-30(24-31)43-38(47)33(22-26-12-11-21-42-25-26)44-37(46)28-15-8-5-9-16-28/h4-18,21-22,24-25,29,34H,3,19-20,23H2,1-2H3,(H,43,47)(H,44,46)(H,45,48)/b33-22-. The molecule has 2 heterocycles. The summed E-state index contributed by atoms with van der Waals surface area (Å²) in [6.07, 6.45) is 7.73. The SMILES string of the molecule is CCC(Sc1cccc(NC(=O)/C(=C/c2cccnc2)NC(=O)c2ccccc2)c1)C(=O)Nc1sc2c(c1C(=O)OC)CCC(c1ccccc1)C2. The number of pyridine rings is 1. The second kappa shape index (κ2) is 17.1. The minimum atomic E-state index is -0.522. The zero-order chi connectivity index (χ0) is 36.5. The second-order valence-corrected chi connectivity index (χ2v) is 14.6. The highest BCUT2D eigenvalue weighted by Gasteiger charge is 2.31. The van der Waals surface area contributed by atoms with Gasteiger partial charge in [0.25, 0.3) is 11.8 Å². The lowest BCUT2D eigenvalue weighted by Gasteiger charge is -2.22. The Morgan fingerprint density at radius 3 is 2.44 bits per heavy atom. The van der Waals surface area contributed by atoms with Gasteiger partial charge in [0, 0.05) is 33.4 Å². The number of benzene rings is 3. The lowest BCUT2D eigenvalue weighted by atomic mass is 9.83. The number of aromatic nitrogens is 1. The number of rotatable bonds is 12. The fourth-order valence-electron chi connectivity index (χ4n) is 6.10. The number of esters is 1. The molecule has 0 fully saturated rings. The average molecular weight is 731 g/mol. The van der Waals surface area contributed by atoms with Gasteiger partial charge in [-0.1, -0.05) is 67.6 Å². The number of methoxy groups -OCH3 is 1. The minimum Gasteiger partial charge on any atom is -0.465 e. The van der Waals surface area contributed by atoms with Gasteiger partial charge in [0.1, 0.15) is 10.7 Å². The van der Waals surface area contributed by atoms with Crippen molar-refractivity contribution in [2.24, 2.45) is 0 Å². The largest absolute Gasteiger partial charge is 0.465 e. The van der Waals surface area contributed by atoms with Gasteiger partial charge in [0.15, 0.2) is 0 Å². The fraction of sp³-hybridized carbons (Fsp3) is 0.195. The Kier molecular flexibility index (Phi) is 11.9. The Labute approximate surface area is 310 Å². The van der Waals surface area contributed by atoms with E-state index in [1.165, 1.54) is 35.8 Å². The molecule has 264 valence electrons. The van der Waals surface area contributed by atoms with Gasteiger partial charge in [-0.25, -0.2) is 4.79 Å². The van der Waals surface area contributed by atoms with E-state index in [9.17, 15) is 19.2 Å². The molecule has 0 aliphatic heterocycles. The number of nitrogens with one attached hydrogen (secondary N) is 3. The van der Waals surface area contributed by atoms with Crippen molar-refractivity contribution in [3.05, 3.63) is 148 Å². The van der Waals surface area contributed by atoms with Crippen LogP contribution in [0.25, 0.3) is 6.08 Å². The third-order valence-electron chi connectivity index (χ3n) is 8.72. The van der Waals surface area contributed by atoms with Crippen LogP contribution in [0, 0.1) is 0 Å². The summed E-state index contributed by atoms with van der Waals surface area (Å²) in [6.45, 7) is 1.93. The van der Waals surface area contributed by atoms with E-state index in [2.05, 4.69) is 33.1 Å². The van der Waals surface area contributed by atoms with E-state index in [-0.39, 0.29) is 11.6 Å². The van der Waals surface area contributed by atoms with Gasteiger partial charge in [-0.15, -0.1) is 23.1 Å². The number of fused-ring (bicyclic) bond motifs is 1. The van der Waals surface area contributed by atoms with E-state index in [1.54, 1.807) is 73.1 Å². The molecular formula is C41H38N4O5S2. The van der Waals surface area contributed by atoms with Gasteiger partial charge in [-0.05, 0) is 90.8 Å². The van der Waals surface area contributed by atoms with Crippen LogP contribution >= 0.6 is 23.1 Å². The van der Waals surface area contributed by atoms with Gasteiger partial charge in [0.05, 0.1) is 17.9 Å². The highest BCUT2D eigenvalue weighted by atomic mass is 32.2. The van der Waals surface area contributed by atoms with Gasteiger partial charge >= 0.3 is 5.97 Å². The highest BCUT2D eigenvalue weighted by Crippen LogP contribution is 2.43. The molecule has 9 nitrogen and oxygen atoms in total. The maximum absolute atomic E-state index is 13.8. The summed E-state index contributed by atoms with van der Waals surface area (Å²) in [4.78, 5) is 59.3. The van der Waals surface area contributed by atoms with Crippen LogP contribution < -0.4 is 16.0 Å². The normalized spacial score (nSPS) is 14.4. The third-order valence-corrected chi connectivity index (χ3v) is 11.2. The molecule has 52 heavy (non-hydrogen) atoms. The molecule has 0 saturated heterocycles. The number of nitrogens with zero attached hydrogens (tertiary/aromatic N) is 1. The van der Waals surface area contributed by atoms with Crippen molar-refractivity contribution in [3.63, 3.8) is 0 Å². The molecule has 3 N–H and O–H groups in total. The molecule has 0 bridgehead atoms. The smallest absolute Gasteiger partial charge is 0.341 e. The number of thioether (sulfide) groups is 1. The molecular weight excluding hydrogens is 693 g/mol. The van der Waals surface area contributed by atoms with E-state index in [0.717, 1.165) is 34.6 Å². The molecule has 6 rings (SSSR count). The maximum atomic E-state index is 13.8. The predicted octanol–water partition coefficient (Wildman–Crippen LogP) is 8.12. The highest BCUT2D eigenvalue weighted by molar-refractivity contribution is 8.00. The lowest BCUT2D eigenvalue weighted by molar-refractivity contribution is -0.116. The number of thiophene rings is 1. The number of amides is 3. The summed E-state index contributed by atoms with van der Waals surface area (Å²) in [5.41, 5.74) is 4.25. The molecule has 0 spiro atoms. The molecule has 3 amide bonds. The van der Waals surface area contributed by atoms with E-state index in [0.29, 0.717) is 39.7 Å². The molecule has 1 aliphatic rings. The Hall–Kier alpha value is -5.52. The molecule has 11 heteroatoms. The van der Waals surface area contributed by atoms with Crippen molar-refractivity contribution in [1.82, 2.24) is 10.3 Å². The number of carbonyl (C=O) groups excluding carboxylic acids is 4. The molecule has 2 aromatic heterocycles. The third kappa shape index (κ3) is 8.85. The number of ether oxygens (including phenoxy) is 1. The number of carbonyl (C=O) groups is 4. The molecule has 5 aromatic rings. The first kappa shape index (κ1) is 36.3. The van der Waals surface area contributed by atoms with Crippen molar-refractivity contribution in [1.29, 1.82) is 0 Å². The van der Waals surface area contributed by atoms with Crippen LogP contribution in [0.3, 0.4) is 0 Å². The van der Waals surface area contributed by atoms with Gasteiger partial charge in [0.2, 0.25) is 5.91 Å². The first-order valence-corrected chi connectivity index (χ1v) is 18.7. The average Bonchev–Trinajstić information content (AvgIpc) is 3.54. The molecule has 2 atom stereocenters. The quantitative estimate of drug-likeness (QED) is 0.0673. The minimum absolute atomic E-state index is 0.0425. The van der Waals surface area contributed by atoms with Crippen molar-refractivity contribution in [2.45, 2.75) is 48.7 Å². The molecule has 0 radical (unpaired) electrons. The Morgan fingerprint density at radius 2 is 1.73 bits per heavy atom. The lowest BCUT2D eigenvalue weighted by Crippen LogP contribution is -2.30. The van der Waals surface area contributed by atoms with Crippen LogP contribution in [0.1, 0.15) is 68.0 Å². The van der Waals surface area contributed by atoms with E-state index < -0.39 is 23.0 Å². The Morgan fingerprint density at radius 1 is 0.962 bits per heavy atom. The summed E-state index contributed by atoms with van der Waals surface area (Å²) >= 11 is 2.81. The van der Waals surface area contributed by atoms with Crippen molar-refractivity contribution < 1.29 is 23.9 Å². The van der Waals surface area contributed by atoms with Gasteiger partial charge in [-0.2, -0.15) is 0 Å². The van der Waals surface area contributed by atoms with Crippen molar-refractivity contribution in [2.75, 3.05) is 17.7 Å². The molecule has 0 saturated carbocycles. The topological polar surface area (TPSA) is 126 Å². The fourth-order valence-corrected chi connectivity index (χ4v) is 8.43. The van der Waals surface area contributed by atoms with Crippen molar-refractivity contribution >= 4 is 63.6 Å². The first-order chi connectivity index (χ1) is 25.3. The first-order valence-electron chi connectivity index (χ1n) is 17.0. The second-order valence-electron chi connectivity index (χ2n) is 12.2. The summed E-state index contributed by atoms with van der Waals surface area (Å²) in [5.74, 6) is -1.28. The summed E-state index contributed by atoms with van der Waals surface area (Å²) in [5, 5.41) is 8.71. The monoisotopic (exact) mass is 730 g/mol. The zero-order valence-electron chi connectivity index (χ0n) is 28.8. The van der Waals surface area contributed by atoms with Crippen LogP contribution in [0.5, 0.6) is 0 Å². The Balaban J connectivity index is 1.16. The molecule has 1 aliphatic carbocycles. The molecule has 2 unspecified atom stereocenters. The van der Waals surface area contributed by atoms with E-state index >= 15 is 0 Å². The predicted molar refractivity (Wildman–Crippen MR) is 207 cm³/mol. The van der Waals surface area contributed by atoms with Gasteiger partial charge < -0.3 is 20.7 Å². The molecule has 3 aromatic carbocycles. The van der Waals surface area contributed by atoms with Gasteiger partial charge in [-0.3, -0.25) is 19.4 Å². The van der Waals surface area contributed by atoms with Crippen LogP contribution in [-0.2, 0) is 27.2 Å². The van der Waals surface area contributed by atoms with Crippen LogP contribution in [0.15, 0.2) is 120 Å². The Bertz CT molecular complexity index is 2080. The zero-order valence-corrected chi connectivity index (χ0v) is 30.4. The number of hydrogen-bond acceptors (Lipinski definition) is 8. The van der Waals surface area contributed by atoms with Crippen LogP contribution in [-0.4, -0.2) is 41.0 Å². The number of hydrogen-bond donors (Lipinski definition) is 3. The maximum Gasteiger partial charge on any atom is 0.341 e. The van der Waals surface area contributed by atoms with Crippen LogP contribution in [0.4, 0.5) is 10.7 Å². The van der Waals surface area contributed by atoms with Crippen molar-refractivity contribution in [3.8, 4) is 0 Å².